The van der Waals surface area contributed by atoms with Gasteiger partial charge in [0.2, 0.25) is 0 Å². The van der Waals surface area contributed by atoms with Gasteiger partial charge in [-0.3, -0.25) is 0 Å². The summed E-state index contributed by atoms with van der Waals surface area (Å²) in [5.74, 6) is 3.84. The zero-order valence-corrected chi connectivity index (χ0v) is 23.5. The molecular formula is C31H56N2. The van der Waals surface area contributed by atoms with Gasteiger partial charge in [-0.2, -0.15) is 0 Å². The highest BCUT2D eigenvalue weighted by Crippen LogP contribution is 2.30. The number of allylic oxidation sites excluding steroid dienone is 1. The number of hydrogen-bond donors (Lipinski definition) is 2. The zero-order valence-electron chi connectivity index (χ0n) is 23.5. The van der Waals surface area contributed by atoms with Crippen LogP contribution in [0.1, 0.15) is 93.1 Å². The lowest BCUT2D eigenvalue weighted by Gasteiger charge is -2.36. The Morgan fingerprint density at radius 2 is 1.52 bits per heavy atom. The van der Waals surface area contributed by atoms with Gasteiger partial charge in [0.25, 0.3) is 0 Å². The van der Waals surface area contributed by atoms with E-state index in [2.05, 4.69) is 110 Å². The molecule has 2 nitrogen and oxygen atoms in total. The van der Waals surface area contributed by atoms with Crippen molar-refractivity contribution in [3.63, 3.8) is 0 Å². The van der Waals surface area contributed by atoms with Gasteiger partial charge in [0.05, 0.1) is 0 Å². The fraction of sp³-hybridized carbons (Fsp3) is 0.742. The molecule has 0 saturated carbocycles. The molecule has 0 bridgehead atoms. The van der Waals surface area contributed by atoms with Crippen molar-refractivity contribution >= 4 is 0 Å². The van der Waals surface area contributed by atoms with Gasteiger partial charge in [0.1, 0.15) is 0 Å². The van der Waals surface area contributed by atoms with Crippen LogP contribution in [-0.4, -0.2) is 19.1 Å². The summed E-state index contributed by atoms with van der Waals surface area (Å²) in [6.07, 6.45) is 7.34. The number of rotatable bonds is 17. The maximum absolute atomic E-state index is 4.53. The first kappa shape index (κ1) is 29.8. The van der Waals surface area contributed by atoms with E-state index in [1.807, 2.05) is 0 Å². The molecule has 190 valence electrons. The number of nitrogens with one attached hydrogen (secondary N) is 2. The number of hydrogen-bond acceptors (Lipinski definition) is 2. The molecule has 0 aliphatic heterocycles. The van der Waals surface area contributed by atoms with E-state index in [1.165, 1.54) is 49.8 Å². The first-order chi connectivity index (χ1) is 15.6. The average molecular weight is 457 g/mol. The Balaban J connectivity index is 2.78. The highest BCUT2D eigenvalue weighted by Gasteiger charge is 2.28. The van der Waals surface area contributed by atoms with Gasteiger partial charge >= 0.3 is 0 Å². The first-order valence-corrected chi connectivity index (χ1v) is 13.8. The lowest BCUT2D eigenvalue weighted by molar-refractivity contribution is 0.230. The summed E-state index contributed by atoms with van der Waals surface area (Å²) in [5, 5.41) is 7.51. The SMILES string of the molecule is C=C(N[C@@H](C(C)C)C(CC)CC(CC)Cc1ccccc1)C(C)CC(C)[C@H](CC(C)C)NC. The van der Waals surface area contributed by atoms with E-state index < -0.39 is 0 Å². The van der Waals surface area contributed by atoms with Crippen LogP contribution < -0.4 is 10.6 Å². The van der Waals surface area contributed by atoms with Crippen LogP contribution in [0, 0.1) is 35.5 Å². The van der Waals surface area contributed by atoms with E-state index in [0.717, 1.165) is 11.8 Å². The van der Waals surface area contributed by atoms with Gasteiger partial charge in [-0.1, -0.05) is 105 Å². The van der Waals surface area contributed by atoms with Crippen molar-refractivity contribution in [3.05, 3.63) is 48.2 Å². The van der Waals surface area contributed by atoms with Crippen molar-refractivity contribution in [2.45, 2.75) is 106 Å². The van der Waals surface area contributed by atoms with E-state index in [1.54, 1.807) is 0 Å². The second kappa shape index (κ2) is 15.6. The van der Waals surface area contributed by atoms with Gasteiger partial charge in [-0.15, -0.1) is 0 Å². The van der Waals surface area contributed by atoms with Crippen molar-refractivity contribution in [1.29, 1.82) is 0 Å². The topological polar surface area (TPSA) is 24.1 Å². The molecule has 0 radical (unpaired) electrons. The molecule has 0 spiro atoms. The molecule has 6 atom stereocenters. The van der Waals surface area contributed by atoms with Crippen LogP contribution in [-0.2, 0) is 6.42 Å². The minimum absolute atomic E-state index is 0.480. The molecule has 1 aromatic carbocycles. The van der Waals surface area contributed by atoms with Crippen LogP contribution in [0.5, 0.6) is 0 Å². The summed E-state index contributed by atoms with van der Waals surface area (Å²) in [5.41, 5.74) is 2.70. The first-order valence-electron chi connectivity index (χ1n) is 13.8. The molecule has 1 rings (SSSR count). The molecule has 0 aliphatic rings. The van der Waals surface area contributed by atoms with Crippen molar-refractivity contribution in [3.8, 4) is 0 Å². The second-order valence-electron chi connectivity index (χ2n) is 11.4. The van der Waals surface area contributed by atoms with Crippen LogP contribution in [0.4, 0.5) is 0 Å². The van der Waals surface area contributed by atoms with Gasteiger partial charge in [-0.05, 0) is 73.8 Å². The molecule has 33 heavy (non-hydrogen) atoms. The fourth-order valence-electron chi connectivity index (χ4n) is 5.53. The van der Waals surface area contributed by atoms with Gasteiger partial charge in [0.15, 0.2) is 0 Å². The quantitative estimate of drug-likeness (QED) is 0.247. The van der Waals surface area contributed by atoms with Crippen molar-refractivity contribution in [1.82, 2.24) is 10.6 Å². The van der Waals surface area contributed by atoms with E-state index >= 15 is 0 Å². The van der Waals surface area contributed by atoms with Crippen molar-refractivity contribution < 1.29 is 0 Å². The molecule has 0 fully saturated rings. The summed E-state index contributed by atoms with van der Waals surface area (Å²) >= 11 is 0. The molecule has 0 heterocycles. The smallest absolute Gasteiger partial charge is 0.0309 e. The van der Waals surface area contributed by atoms with E-state index in [4.69, 9.17) is 0 Å². The molecule has 0 saturated heterocycles. The summed E-state index contributed by atoms with van der Waals surface area (Å²) in [7, 11) is 2.11. The fourth-order valence-corrected chi connectivity index (χ4v) is 5.53. The Morgan fingerprint density at radius 3 is 2.00 bits per heavy atom. The molecular weight excluding hydrogens is 400 g/mol. The molecule has 0 aliphatic carbocycles. The third kappa shape index (κ3) is 10.7. The van der Waals surface area contributed by atoms with E-state index in [0.29, 0.717) is 35.8 Å². The number of benzene rings is 1. The summed E-state index contributed by atoms with van der Waals surface area (Å²) < 4.78 is 0. The minimum atomic E-state index is 0.480. The molecule has 2 N–H and O–H groups in total. The molecule has 0 aromatic heterocycles. The monoisotopic (exact) mass is 456 g/mol. The molecule has 2 heteroatoms. The largest absolute Gasteiger partial charge is 0.385 e. The summed E-state index contributed by atoms with van der Waals surface area (Å²) in [6, 6.07) is 12.1. The van der Waals surface area contributed by atoms with Crippen LogP contribution in [0.25, 0.3) is 0 Å². The normalized spacial score (nSPS) is 17.4. The van der Waals surface area contributed by atoms with Gasteiger partial charge in [0, 0.05) is 17.8 Å². The predicted molar refractivity (Wildman–Crippen MR) is 148 cm³/mol. The third-order valence-corrected chi connectivity index (χ3v) is 7.79. The van der Waals surface area contributed by atoms with E-state index in [-0.39, 0.29) is 0 Å². The van der Waals surface area contributed by atoms with Crippen molar-refractivity contribution in [2.75, 3.05) is 7.05 Å². The van der Waals surface area contributed by atoms with E-state index in [9.17, 15) is 0 Å². The summed E-state index contributed by atoms with van der Waals surface area (Å²) in [6.45, 7) is 23.4. The Hall–Kier alpha value is -1.28. The lowest BCUT2D eigenvalue weighted by atomic mass is 9.79. The lowest BCUT2D eigenvalue weighted by Crippen LogP contribution is -2.42. The van der Waals surface area contributed by atoms with Crippen LogP contribution in [0.3, 0.4) is 0 Å². The van der Waals surface area contributed by atoms with Crippen LogP contribution >= 0.6 is 0 Å². The third-order valence-electron chi connectivity index (χ3n) is 7.79. The Bertz CT molecular complexity index is 636. The Morgan fingerprint density at radius 1 is 0.879 bits per heavy atom. The van der Waals surface area contributed by atoms with Gasteiger partial charge < -0.3 is 10.6 Å². The Kier molecular flexibility index (Phi) is 14.1. The van der Waals surface area contributed by atoms with Crippen molar-refractivity contribution in [2.24, 2.45) is 35.5 Å². The average Bonchev–Trinajstić information content (AvgIpc) is 2.78. The maximum atomic E-state index is 4.53. The maximum Gasteiger partial charge on any atom is 0.0309 e. The van der Waals surface area contributed by atoms with Crippen LogP contribution in [0.15, 0.2) is 42.6 Å². The summed E-state index contributed by atoms with van der Waals surface area (Å²) in [4.78, 5) is 0. The molecule has 1 aromatic rings. The zero-order chi connectivity index (χ0) is 25.0. The predicted octanol–water partition coefficient (Wildman–Crippen LogP) is 8.10. The standard InChI is InChI=1S/C31H56N2/c1-11-27(20-28-16-14-13-15-17-28)21-29(12-2)31(23(5)6)33-26(9)24(7)19-25(8)30(32-10)18-22(3)4/h13-17,22-25,27,29-33H,9,11-12,18-21H2,1-8,10H3/t24?,25?,27?,29?,30-,31-/m0/s1. The van der Waals surface area contributed by atoms with Crippen LogP contribution in [0.2, 0.25) is 0 Å². The highest BCUT2D eigenvalue weighted by atomic mass is 14.9. The second-order valence-corrected chi connectivity index (χ2v) is 11.4. The Labute approximate surface area is 207 Å². The minimum Gasteiger partial charge on any atom is -0.385 e. The molecule has 4 unspecified atom stereocenters. The molecule has 0 amide bonds. The highest BCUT2D eigenvalue weighted by molar-refractivity contribution is 5.15. The van der Waals surface area contributed by atoms with Gasteiger partial charge in [-0.25, -0.2) is 0 Å².